The van der Waals surface area contributed by atoms with E-state index in [9.17, 15) is 9.59 Å². The summed E-state index contributed by atoms with van der Waals surface area (Å²) in [5.74, 6) is 0.397. The predicted molar refractivity (Wildman–Crippen MR) is 89.1 cm³/mol. The lowest BCUT2D eigenvalue weighted by Gasteiger charge is -2.05. The Balaban J connectivity index is 1.65. The summed E-state index contributed by atoms with van der Waals surface area (Å²) in [5, 5.41) is 8.51. The van der Waals surface area contributed by atoms with Crippen LogP contribution >= 0.6 is 11.3 Å². The van der Waals surface area contributed by atoms with E-state index in [0.29, 0.717) is 29.4 Å². The van der Waals surface area contributed by atoms with E-state index in [2.05, 4.69) is 20.4 Å². The van der Waals surface area contributed by atoms with E-state index < -0.39 is 11.5 Å². The van der Waals surface area contributed by atoms with Crippen molar-refractivity contribution < 1.29 is 9.32 Å². The van der Waals surface area contributed by atoms with Crippen molar-refractivity contribution in [2.24, 2.45) is 0 Å². The van der Waals surface area contributed by atoms with Crippen LogP contribution in [0.3, 0.4) is 0 Å². The summed E-state index contributed by atoms with van der Waals surface area (Å²) in [4.78, 5) is 32.1. The van der Waals surface area contributed by atoms with Gasteiger partial charge in [0.25, 0.3) is 11.5 Å². The van der Waals surface area contributed by atoms with E-state index in [1.807, 2.05) is 17.5 Å². The van der Waals surface area contributed by atoms with E-state index in [1.165, 1.54) is 0 Å². The molecule has 3 aromatic rings. The van der Waals surface area contributed by atoms with E-state index in [4.69, 9.17) is 4.52 Å². The Kier molecular flexibility index (Phi) is 4.57. The molecule has 0 aromatic carbocycles. The van der Waals surface area contributed by atoms with E-state index in [-0.39, 0.29) is 12.1 Å². The van der Waals surface area contributed by atoms with Crippen LogP contribution in [0.5, 0.6) is 0 Å². The molecule has 0 spiro atoms. The number of nitrogens with one attached hydrogen (secondary N) is 2. The fourth-order valence-corrected chi connectivity index (χ4v) is 3.08. The van der Waals surface area contributed by atoms with Crippen molar-refractivity contribution in [3.63, 3.8) is 0 Å². The second kappa shape index (κ2) is 6.79. The zero-order chi connectivity index (χ0) is 17.1. The van der Waals surface area contributed by atoms with Crippen molar-refractivity contribution in [3.8, 4) is 0 Å². The summed E-state index contributed by atoms with van der Waals surface area (Å²) in [7, 11) is 0. The third-order valence-electron chi connectivity index (χ3n) is 3.41. The highest BCUT2D eigenvalue weighted by Crippen LogP contribution is 2.13. The number of amides is 1. The zero-order valence-electron chi connectivity index (χ0n) is 13.3. The summed E-state index contributed by atoms with van der Waals surface area (Å²) >= 11 is 1.62. The average molecular weight is 344 g/mol. The van der Waals surface area contributed by atoms with Gasteiger partial charge in [0.1, 0.15) is 5.56 Å². The van der Waals surface area contributed by atoms with Gasteiger partial charge in [-0.1, -0.05) is 11.2 Å². The minimum absolute atomic E-state index is 0.0725. The summed E-state index contributed by atoms with van der Waals surface area (Å²) < 4.78 is 5.12. The van der Waals surface area contributed by atoms with Gasteiger partial charge in [0, 0.05) is 17.0 Å². The lowest BCUT2D eigenvalue weighted by Crippen LogP contribution is -2.30. The molecule has 0 aliphatic rings. The van der Waals surface area contributed by atoms with Crippen LogP contribution in [0.25, 0.3) is 0 Å². The minimum Gasteiger partial charge on any atom is -0.343 e. The SMILES string of the molecule is Cc1cc(C)c(C(=O)NCc2nc(Cc3cccs3)no2)c(=O)[nH]1. The number of pyridine rings is 1. The van der Waals surface area contributed by atoms with Gasteiger partial charge >= 0.3 is 0 Å². The second-order valence-corrected chi connectivity index (χ2v) is 6.41. The number of rotatable bonds is 5. The highest BCUT2D eigenvalue weighted by molar-refractivity contribution is 7.09. The minimum atomic E-state index is -0.466. The first-order valence-corrected chi connectivity index (χ1v) is 8.23. The molecule has 124 valence electrons. The van der Waals surface area contributed by atoms with Gasteiger partial charge in [-0.05, 0) is 36.9 Å². The molecule has 2 N–H and O–H groups in total. The number of aromatic amines is 1. The third-order valence-corrected chi connectivity index (χ3v) is 4.29. The molecule has 1 amide bonds. The van der Waals surface area contributed by atoms with Crippen LogP contribution in [-0.4, -0.2) is 21.0 Å². The molecule has 8 heteroatoms. The first kappa shape index (κ1) is 16.1. The maximum absolute atomic E-state index is 12.2. The number of carbonyl (C=O) groups excluding carboxylic acids is 1. The lowest BCUT2D eigenvalue weighted by molar-refractivity contribution is 0.0944. The average Bonchev–Trinajstić information content (AvgIpc) is 3.16. The summed E-state index contributed by atoms with van der Waals surface area (Å²) in [5.41, 5.74) is 1.02. The van der Waals surface area contributed by atoms with Crippen molar-refractivity contribution in [2.75, 3.05) is 0 Å². The van der Waals surface area contributed by atoms with Crippen LogP contribution in [-0.2, 0) is 13.0 Å². The van der Waals surface area contributed by atoms with Gasteiger partial charge in [-0.25, -0.2) is 0 Å². The molecule has 0 saturated carbocycles. The van der Waals surface area contributed by atoms with Gasteiger partial charge in [0.15, 0.2) is 5.82 Å². The largest absolute Gasteiger partial charge is 0.343 e. The molecule has 0 unspecified atom stereocenters. The number of H-pyrrole nitrogens is 1. The van der Waals surface area contributed by atoms with Crippen LogP contribution < -0.4 is 10.9 Å². The van der Waals surface area contributed by atoms with Crippen LogP contribution in [0.15, 0.2) is 32.9 Å². The maximum Gasteiger partial charge on any atom is 0.261 e. The number of hydrogen-bond acceptors (Lipinski definition) is 6. The molecule has 3 rings (SSSR count). The van der Waals surface area contributed by atoms with Gasteiger partial charge in [0.2, 0.25) is 5.89 Å². The Labute approximate surface area is 141 Å². The number of nitrogens with zero attached hydrogens (tertiary/aromatic N) is 2. The smallest absolute Gasteiger partial charge is 0.261 e. The molecular weight excluding hydrogens is 328 g/mol. The Morgan fingerprint density at radius 2 is 2.25 bits per heavy atom. The molecule has 3 aromatic heterocycles. The van der Waals surface area contributed by atoms with Crippen LogP contribution in [0, 0.1) is 13.8 Å². The molecule has 0 radical (unpaired) electrons. The molecule has 7 nitrogen and oxygen atoms in total. The van der Waals surface area contributed by atoms with Crippen molar-refractivity contribution in [1.29, 1.82) is 0 Å². The van der Waals surface area contributed by atoms with Gasteiger partial charge in [-0.3, -0.25) is 9.59 Å². The van der Waals surface area contributed by atoms with Gasteiger partial charge in [-0.15, -0.1) is 11.3 Å². The highest BCUT2D eigenvalue weighted by atomic mass is 32.1. The van der Waals surface area contributed by atoms with E-state index in [1.54, 1.807) is 31.3 Å². The molecule has 0 aliphatic heterocycles. The Hall–Kier alpha value is -2.74. The summed E-state index contributed by atoms with van der Waals surface area (Å²) in [6.45, 7) is 3.57. The molecule has 0 bridgehead atoms. The zero-order valence-corrected chi connectivity index (χ0v) is 14.1. The monoisotopic (exact) mass is 344 g/mol. The maximum atomic E-state index is 12.2. The second-order valence-electron chi connectivity index (χ2n) is 5.38. The normalized spacial score (nSPS) is 10.8. The fourth-order valence-electron chi connectivity index (χ4n) is 2.38. The fraction of sp³-hybridized carbons (Fsp3) is 0.250. The van der Waals surface area contributed by atoms with Crippen molar-refractivity contribution >= 4 is 17.2 Å². The number of thiophene rings is 1. The van der Waals surface area contributed by atoms with Crippen molar-refractivity contribution in [3.05, 3.63) is 67.3 Å². The van der Waals surface area contributed by atoms with Gasteiger partial charge in [-0.2, -0.15) is 4.98 Å². The third kappa shape index (κ3) is 3.60. The molecule has 0 aliphatic carbocycles. The molecule has 24 heavy (non-hydrogen) atoms. The molecular formula is C16H16N4O3S. The quantitative estimate of drug-likeness (QED) is 0.737. The number of aryl methyl sites for hydroxylation is 2. The standard InChI is InChI=1S/C16H16N4O3S/c1-9-6-10(2)18-16(22)14(9)15(21)17-8-13-19-12(20-23-13)7-11-4-3-5-24-11/h3-6H,7-8H2,1-2H3,(H,17,21)(H,18,22). The predicted octanol–water partition coefficient (Wildman–Crippen LogP) is 1.96. The van der Waals surface area contributed by atoms with Crippen LogP contribution in [0.2, 0.25) is 0 Å². The van der Waals surface area contributed by atoms with Crippen LogP contribution in [0.4, 0.5) is 0 Å². The molecule has 0 fully saturated rings. The topological polar surface area (TPSA) is 101 Å². The molecule has 3 heterocycles. The van der Waals surface area contributed by atoms with E-state index >= 15 is 0 Å². The number of carbonyl (C=O) groups is 1. The Bertz CT molecular complexity index is 912. The highest BCUT2D eigenvalue weighted by Gasteiger charge is 2.15. The van der Waals surface area contributed by atoms with Crippen LogP contribution in [0.1, 0.15) is 38.2 Å². The Morgan fingerprint density at radius 1 is 1.42 bits per heavy atom. The van der Waals surface area contributed by atoms with Gasteiger partial charge in [0.05, 0.1) is 6.54 Å². The molecule has 0 saturated heterocycles. The first-order chi connectivity index (χ1) is 11.5. The summed E-state index contributed by atoms with van der Waals surface area (Å²) in [6, 6.07) is 5.71. The lowest BCUT2D eigenvalue weighted by atomic mass is 10.1. The number of aromatic nitrogens is 3. The van der Waals surface area contributed by atoms with Gasteiger partial charge < -0.3 is 14.8 Å². The van der Waals surface area contributed by atoms with Crippen molar-refractivity contribution in [1.82, 2.24) is 20.4 Å². The van der Waals surface area contributed by atoms with Crippen molar-refractivity contribution in [2.45, 2.75) is 26.8 Å². The van der Waals surface area contributed by atoms with E-state index in [0.717, 1.165) is 4.88 Å². The summed E-state index contributed by atoms with van der Waals surface area (Å²) in [6.07, 6.45) is 0.589. The Morgan fingerprint density at radius 3 is 2.96 bits per heavy atom. The first-order valence-electron chi connectivity index (χ1n) is 7.35. The molecule has 0 atom stereocenters. The number of hydrogen-bond donors (Lipinski definition) is 2.